The van der Waals surface area contributed by atoms with Crippen molar-refractivity contribution in [3.05, 3.63) is 0 Å². The molecule has 70 valence electrons. The van der Waals surface area contributed by atoms with E-state index >= 15 is 0 Å². The molecule has 3 atom stereocenters. The third-order valence-corrected chi connectivity index (χ3v) is 2.59. The van der Waals surface area contributed by atoms with Gasteiger partial charge in [0.15, 0.2) is 6.61 Å². The summed E-state index contributed by atoms with van der Waals surface area (Å²) >= 11 is 0. The first-order valence-electron chi connectivity index (χ1n) is 4.52. The summed E-state index contributed by atoms with van der Waals surface area (Å²) in [6.45, 7) is 2.74. The zero-order valence-electron chi connectivity index (χ0n) is 7.58. The second kappa shape index (κ2) is 3.39. The first-order chi connectivity index (χ1) is 6.34. The van der Waals surface area contributed by atoms with Crippen molar-refractivity contribution in [3.63, 3.8) is 0 Å². The van der Waals surface area contributed by atoms with E-state index in [1.165, 1.54) is 0 Å². The molecule has 3 heteroatoms. The van der Waals surface area contributed by atoms with Crippen LogP contribution in [0.3, 0.4) is 0 Å². The number of ether oxygens (including phenoxy) is 2. The normalized spacial score (nSPS) is 34.4. The van der Waals surface area contributed by atoms with Crippen molar-refractivity contribution >= 4 is 5.97 Å². The molecule has 2 aliphatic rings. The molecule has 0 bridgehead atoms. The van der Waals surface area contributed by atoms with Crippen molar-refractivity contribution in [2.24, 2.45) is 11.8 Å². The van der Waals surface area contributed by atoms with Crippen LogP contribution in [0.5, 0.6) is 0 Å². The molecule has 3 nitrogen and oxygen atoms in total. The third kappa shape index (κ3) is 1.54. The lowest BCUT2D eigenvalue weighted by Crippen LogP contribution is -2.13. The molecule has 2 rings (SSSR count). The van der Waals surface area contributed by atoms with Gasteiger partial charge >= 0.3 is 5.97 Å². The van der Waals surface area contributed by atoms with E-state index in [0.717, 1.165) is 13.0 Å². The number of carbonyl (C=O) groups excluding carboxylic acids is 1. The highest BCUT2D eigenvalue weighted by molar-refractivity contribution is 5.77. The van der Waals surface area contributed by atoms with Crippen molar-refractivity contribution in [2.45, 2.75) is 19.4 Å². The first-order valence-corrected chi connectivity index (χ1v) is 4.52. The Kier molecular flexibility index (Phi) is 2.24. The highest BCUT2D eigenvalue weighted by atomic mass is 16.5. The SMILES string of the molecule is CC#CCOC(=O)C1C2CCOC21. The average molecular weight is 180 g/mol. The lowest BCUT2D eigenvalue weighted by molar-refractivity contribution is -0.145. The van der Waals surface area contributed by atoms with Crippen molar-refractivity contribution in [3.8, 4) is 11.8 Å². The van der Waals surface area contributed by atoms with E-state index in [0.29, 0.717) is 5.92 Å². The van der Waals surface area contributed by atoms with Gasteiger partial charge in [0.1, 0.15) is 0 Å². The predicted molar refractivity (Wildman–Crippen MR) is 45.7 cm³/mol. The molecule has 1 saturated carbocycles. The Bertz CT molecular complexity index is 264. The maximum atomic E-state index is 11.3. The minimum Gasteiger partial charge on any atom is -0.452 e. The molecule has 0 aromatic rings. The van der Waals surface area contributed by atoms with Gasteiger partial charge in [-0.15, -0.1) is 5.92 Å². The van der Waals surface area contributed by atoms with E-state index < -0.39 is 0 Å². The van der Waals surface area contributed by atoms with Gasteiger partial charge in [-0.25, -0.2) is 0 Å². The molecule has 1 saturated heterocycles. The molecule has 1 heterocycles. The van der Waals surface area contributed by atoms with Gasteiger partial charge in [0.25, 0.3) is 0 Å². The molecule has 3 unspecified atom stereocenters. The zero-order chi connectivity index (χ0) is 9.26. The van der Waals surface area contributed by atoms with Crippen molar-refractivity contribution < 1.29 is 14.3 Å². The Hall–Kier alpha value is -1.01. The van der Waals surface area contributed by atoms with Crippen molar-refractivity contribution in [1.82, 2.24) is 0 Å². The second-order valence-electron chi connectivity index (χ2n) is 3.35. The summed E-state index contributed by atoms with van der Waals surface area (Å²) in [5, 5.41) is 0. The maximum Gasteiger partial charge on any atom is 0.312 e. The number of esters is 1. The lowest BCUT2D eigenvalue weighted by atomic mass is 10.2. The number of hydrogen-bond acceptors (Lipinski definition) is 3. The van der Waals surface area contributed by atoms with Crippen LogP contribution in [0.2, 0.25) is 0 Å². The third-order valence-electron chi connectivity index (χ3n) is 2.59. The van der Waals surface area contributed by atoms with Gasteiger partial charge in [-0.1, -0.05) is 5.92 Å². The average Bonchev–Trinajstić information content (AvgIpc) is 2.61. The van der Waals surface area contributed by atoms with Gasteiger partial charge in [0, 0.05) is 12.5 Å². The minimum atomic E-state index is -0.141. The number of rotatable bonds is 2. The molecule has 0 amide bonds. The molecule has 0 aromatic heterocycles. The number of carbonyl (C=O) groups is 1. The molecule has 0 aromatic carbocycles. The van der Waals surface area contributed by atoms with E-state index in [4.69, 9.17) is 9.47 Å². The molecule has 2 fully saturated rings. The van der Waals surface area contributed by atoms with Gasteiger partial charge in [-0.3, -0.25) is 4.79 Å². The molecule has 0 N–H and O–H groups in total. The summed E-state index contributed by atoms with van der Waals surface area (Å²) in [5.74, 6) is 5.67. The molecule has 1 aliphatic heterocycles. The van der Waals surface area contributed by atoms with Crippen molar-refractivity contribution in [2.75, 3.05) is 13.2 Å². The zero-order valence-corrected chi connectivity index (χ0v) is 7.58. The molecule has 0 spiro atoms. The molecule has 1 aliphatic carbocycles. The van der Waals surface area contributed by atoms with E-state index in [-0.39, 0.29) is 24.6 Å². The molecule has 13 heavy (non-hydrogen) atoms. The topological polar surface area (TPSA) is 35.5 Å². The highest BCUT2D eigenvalue weighted by Gasteiger charge is 2.59. The Morgan fingerprint density at radius 2 is 2.54 bits per heavy atom. The number of fused-ring (bicyclic) bond motifs is 1. The van der Waals surface area contributed by atoms with E-state index in [9.17, 15) is 4.79 Å². The Labute approximate surface area is 77.4 Å². The fraction of sp³-hybridized carbons (Fsp3) is 0.700. The summed E-state index contributed by atoms with van der Waals surface area (Å²) in [6.07, 6.45) is 1.16. The van der Waals surface area contributed by atoms with Crippen LogP contribution in [0.15, 0.2) is 0 Å². The Balaban J connectivity index is 1.76. The maximum absolute atomic E-state index is 11.3. The molecular formula is C10H12O3. The van der Waals surface area contributed by atoms with Crippen LogP contribution in [0.1, 0.15) is 13.3 Å². The van der Waals surface area contributed by atoms with Gasteiger partial charge in [-0.05, 0) is 13.3 Å². The summed E-state index contributed by atoms with van der Waals surface area (Å²) in [5.41, 5.74) is 0. The largest absolute Gasteiger partial charge is 0.452 e. The van der Waals surface area contributed by atoms with E-state index in [1.54, 1.807) is 6.92 Å². The summed E-state index contributed by atoms with van der Waals surface area (Å²) < 4.78 is 10.3. The summed E-state index contributed by atoms with van der Waals surface area (Å²) in [6, 6.07) is 0. The van der Waals surface area contributed by atoms with Gasteiger partial charge in [-0.2, -0.15) is 0 Å². The fourth-order valence-electron chi connectivity index (χ4n) is 1.84. The lowest BCUT2D eigenvalue weighted by Gasteiger charge is -2.02. The monoisotopic (exact) mass is 180 g/mol. The summed E-state index contributed by atoms with van der Waals surface area (Å²) in [4.78, 5) is 11.3. The Morgan fingerprint density at radius 3 is 3.15 bits per heavy atom. The van der Waals surface area contributed by atoms with Crippen LogP contribution >= 0.6 is 0 Å². The second-order valence-corrected chi connectivity index (χ2v) is 3.35. The number of hydrogen-bond donors (Lipinski definition) is 0. The van der Waals surface area contributed by atoms with Gasteiger partial charge in [0.2, 0.25) is 0 Å². The smallest absolute Gasteiger partial charge is 0.312 e. The minimum absolute atomic E-state index is 0.00686. The summed E-state index contributed by atoms with van der Waals surface area (Å²) in [7, 11) is 0. The standard InChI is InChI=1S/C10H12O3/c1-2-3-5-13-10(11)8-7-4-6-12-9(7)8/h7-9H,4-6H2,1H3. The van der Waals surface area contributed by atoms with E-state index in [2.05, 4.69) is 11.8 Å². The Morgan fingerprint density at radius 1 is 1.69 bits per heavy atom. The quantitative estimate of drug-likeness (QED) is 0.461. The van der Waals surface area contributed by atoms with E-state index in [1.807, 2.05) is 0 Å². The van der Waals surface area contributed by atoms with Gasteiger partial charge in [0.05, 0.1) is 12.0 Å². The van der Waals surface area contributed by atoms with Crippen LogP contribution in [-0.4, -0.2) is 25.3 Å². The molecular weight excluding hydrogens is 168 g/mol. The molecule has 0 radical (unpaired) electrons. The highest BCUT2D eigenvalue weighted by Crippen LogP contribution is 2.49. The van der Waals surface area contributed by atoms with Crippen LogP contribution < -0.4 is 0 Å². The fourth-order valence-corrected chi connectivity index (χ4v) is 1.84. The van der Waals surface area contributed by atoms with Gasteiger partial charge < -0.3 is 9.47 Å². The van der Waals surface area contributed by atoms with Crippen LogP contribution in [-0.2, 0) is 14.3 Å². The predicted octanol–water partition coefficient (Wildman–Crippen LogP) is 0.588. The first kappa shape index (κ1) is 8.58. The van der Waals surface area contributed by atoms with Crippen LogP contribution in [0, 0.1) is 23.7 Å². The van der Waals surface area contributed by atoms with Crippen LogP contribution in [0.4, 0.5) is 0 Å². The van der Waals surface area contributed by atoms with Crippen LogP contribution in [0.25, 0.3) is 0 Å². The van der Waals surface area contributed by atoms with Crippen molar-refractivity contribution in [1.29, 1.82) is 0 Å².